The van der Waals surface area contributed by atoms with E-state index in [4.69, 9.17) is 4.74 Å². The average Bonchev–Trinajstić information content (AvgIpc) is 2.32. The number of ether oxygens (including phenoxy) is 1. The van der Waals surface area contributed by atoms with E-state index >= 15 is 0 Å². The van der Waals surface area contributed by atoms with Gasteiger partial charge in [-0.15, -0.1) is 0 Å². The Bertz CT molecular complexity index is 219. The Kier molecular flexibility index (Phi) is 11.1. The van der Waals surface area contributed by atoms with Crippen molar-refractivity contribution in [2.45, 2.75) is 72.1 Å². The van der Waals surface area contributed by atoms with Crippen LogP contribution in [0.2, 0.25) is 0 Å². The number of hydrogen-bond acceptors (Lipinski definition) is 2. The van der Waals surface area contributed by atoms with E-state index in [0.29, 0.717) is 6.61 Å². The van der Waals surface area contributed by atoms with Crippen LogP contribution in [-0.2, 0) is 9.53 Å². The van der Waals surface area contributed by atoms with Gasteiger partial charge in [-0.25, -0.2) is 4.79 Å². The zero-order valence-corrected chi connectivity index (χ0v) is 11.8. The van der Waals surface area contributed by atoms with E-state index < -0.39 is 0 Å². The first-order valence-corrected chi connectivity index (χ1v) is 7.12. The molecule has 0 fully saturated rings. The summed E-state index contributed by atoms with van der Waals surface area (Å²) >= 11 is 0. The summed E-state index contributed by atoms with van der Waals surface area (Å²) < 4.78 is 5.08. The molecular formula is C15H28O2. The lowest BCUT2D eigenvalue weighted by atomic mass is 10.1. The Morgan fingerprint density at radius 3 is 2.24 bits per heavy atom. The number of carbonyl (C=O) groups is 1. The van der Waals surface area contributed by atoms with E-state index in [1.165, 1.54) is 32.1 Å². The Balaban J connectivity index is 4.12. The van der Waals surface area contributed by atoms with Gasteiger partial charge in [0.1, 0.15) is 0 Å². The average molecular weight is 240 g/mol. The van der Waals surface area contributed by atoms with Gasteiger partial charge < -0.3 is 4.74 Å². The molecule has 0 radical (unpaired) electrons. The zero-order valence-electron chi connectivity index (χ0n) is 11.8. The van der Waals surface area contributed by atoms with Crippen molar-refractivity contribution in [3.05, 3.63) is 11.6 Å². The van der Waals surface area contributed by atoms with Gasteiger partial charge >= 0.3 is 5.97 Å². The van der Waals surface area contributed by atoms with Crippen molar-refractivity contribution < 1.29 is 9.53 Å². The molecule has 0 aliphatic rings. The fourth-order valence-electron chi connectivity index (χ4n) is 1.75. The number of unbranched alkanes of at least 4 members (excludes halogenated alkanes) is 5. The van der Waals surface area contributed by atoms with Gasteiger partial charge in [0.25, 0.3) is 0 Å². The minimum absolute atomic E-state index is 0.111. The molecule has 0 amide bonds. The molecule has 0 saturated carbocycles. The normalized spacial score (nSPS) is 11.6. The molecule has 0 bridgehead atoms. The monoisotopic (exact) mass is 240 g/mol. The summed E-state index contributed by atoms with van der Waals surface area (Å²) in [6, 6.07) is 0. The summed E-state index contributed by atoms with van der Waals surface area (Å²) in [5.41, 5.74) is 0.886. The zero-order chi connectivity index (χ0) is 12.9. The maximum atomic E-state index is 11.7. The summed E-state index contributed by atoms with van der Waals surface area (Å²) in [6.45, 7) is 6.70. The van der Waals surface area contributed by atoms with Crippen molar-refractivity contribution in [1.29, 1.82) is 0 Å². The van der Waals surface area contributed by atoms with Crippen molar-refractivity contribution in [3.63, 3.8) is 0 Å². The summed E-state index contributed by atoms with van der Waals surface area (Å²) in [7, 11) is 0. The van der Waals surface area contributed by atoms with Crippen LogP contribution in [0.15, 0.2) is 11.6 Å². The minimum Gasteiger partial charge on any atom is -0.463 e. The molecule has 0 N–H and O–H groups in total. The molecule has 0 spiro atoms. The molecule has 0 unspecified atom stereocenters. The second-order valence-corrected chi connectivity index (χ2v) is 4.40. The Morgan fingerprint density at radius 2 is 1.65 bits per heavy atom. The highest BCUT2D eigenvalue weighted by molar-refractivity contribution is 5.88. The molecule has 2 heteroatoms. The number of allylic oxidation sites excluding steroid dienone is 1. The molecule has 0 aliphatic heterocycles. The second kappa shape index (κ2) is 11.7. The lowest BCUT2D eigenvalue weighted by Crippen LogP contribution is -2.08. The van der Waals surface area contributed by atoms with Crippen molar-refractivity contribution >= 4 is 5.97 Å². The fraction of sp³-hybridized carbons (Fsp3) is 0.800. The summed E-state index contributed by atoms with van der Waals surface area (Å²) in [5.74, 6) is -0.111. The van der Waals surface area contributed by atoms with Crippen molar-refractivity contribution in [2.75, 3.05) is 6.61 Å². The van der Waals surface area contributed by atoms with Crippen LogP contribution in [0.4, 0.5) is 0 Å². The Morgan fingerprint density at radius 1 is 1.00 bits per heavy atom. The molecule has 17 heavy (non-hydrogen) atoms. The Hall–Kier alpha value is -0.790. The molecule has 2 nitrogen and oxygen atoms in total. The van der Waals surface area contributed by atoms with Crippen LogP contribution in [0, 0.1) is 0 Å². The van der Waals surface area contributed by atoms with Gasteiger partial charge in [-0.05, 0) is 32.6 Å². The topological polar surface area (TPSA) is 26.3 Å². The molecule has 100 valence electrons. The van der Waals surface area contributed by atoms with Gasteiger partial charge in [-0.1, -0.05) is 45.6 Å². The first kappa shape index (κ1) is 16.2. The molecular weight excluding hydrogens is 212 g/mol. The second-order valence-electron chi connectivity index (χ2n) is 4.40. The van der Waals surface area contributed by atoms with Crippen LogP contribution < -0.4 is 0 Å². The van der Waals surface area contributed by atoms with Crippen LogP contribution in [0.3, 0.4) is 0 Å². The highest BCUT2D eigenvalue weighted by atomic mass is 16.5. The van der Waals surface area contributed by atoms with E-state index in [0.717, 1.165) is 24.8 Å². The van der Waals surface area contributed by atoms with E-state index in [1.54, 1.807) is 0 Å². The molecule has 0 aromatic carbocycles. The lowest BCUT2D eigenvalue weighted by molar-refractivity contribution is -0.138. The minimum atomic E-state index is -0.111. The van der Waals surface area contributed by atoms with E-state index in [9.17, 15) is 4.79 Å². The third kappa shape index (κ3) is 8.96. The van der Waals surface area contributed by atoms with Gasteiger partial charge in [0, 0.05) is 5.57 Å². The predicted octanol–water partition coefficient (Wildman–Crippen LogP) is 4.64. The highest BCUT2D eigenvalue weighted by Crippen LogP contribution is 2.13. The number of carbonyl (C=O) groups excluding carboxylic acids is 1. The fourth-order valence-corrected chi connectivity index (χ4v) is 1.75. The number of rotatable bonds is 10. The quantitative estimate of drug-likeness (QED) is 0.316. The van der Waals surface area contributed by atoms with Crippen LogP contribution in [-0.4, -0.2) is 12.6 Å². The predicted molar refractivity (Wildman–Crippen MR) is 73.0 cm³/mol. The van der Waals surface area contributed by atoms with Gasteiger partial charge in [0.15, 0.2) is 0 Å². The number of esters is 1. The maximum Gasteiger partial charge on any atom is 0.333 e. The smallest absolute Gasteiger partial charge is 0.333 e. The third-order valence-electron chi connectivity index (χ3n) is 2.79. The highest BCUT2D eigenvalue weighted by Gasteiger charge is 2.09. The summed E-state index contributed by atoms with van der Waals surface area (Å²) in [6.07, 6.45) is 11.1. The molecule has 0 aromatic heterocycles. The standard InChI is InChI=1S/C15H28O2/c1-4-7-9-11-13-14(12-10-8-5-2)15(16)17-6-3/h13H,4-12H2,1-3H3. The molecule has 0 atom stereocenters. The van der Waals surface area contributed by atoms with Crippen LogP contribution in [0.5, 0.6) is 0 Å². The first-order chi connectivity index (χ1) is 8.26. The lowest BCUT2D eigenvalue weighted by Gasteiger charge is -2.07. The van der Waals surface area contributed by atoms with Gasteiger partial charge in [-0.3, -0.25) is 0 Å². The largest absolute Gasteiger partial charge is 0.463 e. The summed E-state index contributed by atoms with van der Waals surface area (Å²) in [5, 5.41) is 0. The molecule has 0 rings (SSSR count). The van der Waals surface area contributed by atoms with Crippen molar-refractivity contribution in [1.82, 2.24) is 0 Å². The number of hydrogen-bond donors (Lipinski definition) is 0. The molecule has 0 aromatic rings. The Labute approximate surface area is 106 Å². The third-order valence-corrected chi connectivity index (χ3v) is 2.79. The van der Waals surface area contributed by atoms with Crippen LogP contribution in [0.1, 0.15) is 72.1 Å². The van der Waals surface area contributed by atoms with Crippen LogP contribution in [0.25, 0.3) is 0 Å². The van der Waals surface area contributed by atoms with Gasteiger partial charge in [0.2, 0.25) is 0 Å². The SMILES string of the molecule is CCCCCC=C(CCCCC)C(=O)OCC. The van der Waals surface area contributed by atoms with Gasteiger partial charge in [-0.2, -0.15) is 0 Å². The first-order valence-electron chi connectivity index (χ1n) is 7.12. The molecule has 0 heterocycles. The van der Waals surface area contributed by atoms with Gasteiger partial charge in [0.05, 0.1) is 6.61 Å². The molecule has 0 aliphatic carbocycles. The van der Waals surface area contributed by atoms with Crippen molar-refractivity contribution in [3.8, 4) is 0 Å². The van der Waals surface area contributed by atoms with E-state index in [-0.39, 0.29) is 5.97 Å². The summed E-state index contributed by atoms with van der Waals surface area (Å²) in [4.78, 5) is 11.7. The van der Waals surface area contributed by atoms with Crippen molar-refractivity contribution in [2.24, 2.45) is 0 Å². The maximum absolute atomic E-state index is 11.7. The van der Waals surface area contributed by atoms with E-state index in [1.807, 2.05) is 6.92 Å². The molecule has 0 saturated heterocycles. The van der Waals surface area contributed by atoms with Crippen LogP contribution >= 0.6 is 0 Å². The van der Waals surface area contributed by atoms with E-state index in [2.05, 4.69) is 19.9 Å².